The second kappa shape index (κ2) is 13.7. The maximum atomic E-state index is 13.0. The zero-order valence-electron chi connectivity index (χ0n) is 26.5. The van der Waals surface area contributed by atoms with Crippen molar-refractivity contribution in [2.75, 3.05) is 0 Å². The number of hydrogen-bond acceptors (Lipinski definition) is 7. The fraction of sp³-hybridized carbons (Fsp3) is 0.0278. The summed E-state index contributed by atoms with van der Waals surface area (Å²) in [5, 5.41) is 26.9. The van der Waals surface area contributed by atoms with Crippen LogP contribution in [0.5, 0.6) is 0 Å². The summed E-state index contributed by atoms with van der Waals surface area (Å²) >= 11 is 5.97. The van der Waals surface area contributed by atoms with Gasteiger partial charge in [0.15, 0.2) is 11.5 Å². The molecule has 0 saturated heterocycles. The maximum absolute atomic E-state index is 13.0. The zero-order valence-corrected chi connectivity index (χ0v) is 27.3. The minimum Gasteiger partial charge on any atom is -0.409 e. The number of oxime groups is 1. The Hall–Kier alpha value is -7.05. The summed E-state index contributed by atoms with van der Waals surface area (Å²) in [7, 11) is 0. The molecule has 12 nitrogen and oxygen atoms in total. The number of halogens is 4. The van der Waals surface area contributed by atoms with Gasteiger partial charge in [-0.15, -0.1) is 0 Å². The van der Waals surface area contributed by atoms with Crippen LogP contribution in [0, 0.1) is 11.3 Å². The Kier molecular flexibility index (Phi) is 8.81. The molecule has 0 spiro atoms. The number of fused-ring (bicyclic) bond motifs is 4. The smallest absolute Gasteiger partial charge is 0.409 e. The highest BCUT2D eigenvalue weighted by Crippen LogP contribution is 2.34. The molecule has 0 bridgehead atoms. The fourth-order valence-corrected chi connectivity index (χ4v) is 5.84. The van der Waals surface area contributed by atoms with Crippen molar-refractivity contribution in [1.29, 1.82) is 5.26 Å². The Bertz CT molecular complexity index is 2770. The molecule has 6 aromatic heterocycles. The molecule has 6 heterocycles. The Morgan fingerprint density at radius 3 is 2.19 bits per heavy atom. The number of imidazole rings is 1. The lowest BCUT2D eigenvalue weighted by Gasteiger charge is -2.07. The average molecular weight is 721 g/mol. The van der Waals surface area contributed by atoms with Gasteiger partial charge in [-0.05, 0) is 48.5 Å². The molecule has 0 aliphatic heterocycles. The summed E-state index contributed by atoms with van der Waals surface area (Å²) in [6.07, 6.45) is 3.22. The maximum Gasteiger partial charge on any atom is 0.417 e. The van der Waals surface area contributed by atoms with Crippen LogP contribution in [-0.2, 0) is 6.18 Å². The summed E-state index contributed by atoms with van der Waals surface area (Å²) < 4.78 is 45.4. The number of pyridine rings is 1. The third-order valence-electron chi connectivity index (χ3n) is 8.01. The van der Waals surface area contributed by atoms with Crippen molar-refractivity contribution >= 4 is 55.8 Å². The summed E-state index contributed by atoms with van der Waals surface area (Å²) in [5.74, 6) is 0.556. The molecular formula is C36H24ClF3N10O2. The van der Waals surface area contributed by atoms with E-state index in [0.29, 0.717) is 5.82 Å². The lowest BCUT2D eigenvalue weighted by atomic mass is 10.1. The van der Waals surface area contributed by atoms with Gasteiger partial charge in [0, 0.05) is 74.8 Å². The van der Waals surface area contributed by atoms with E-state index in [9.17, 15) is 13.2 Å². The van der Waals surface area contributed by atoms with E-state index >= 15 is 0 Å². The van der Waals surface area contributed by atoms with Gasteiger partial charge in [-0.25, -0.2) is 4.98 Å². The zero-order chi connectivity index (χ0) is 36.4. The number of alkyl halides is 3. The van der Waals surface area contributed by atoms with Crippen molar-refractivity contribution < 1.29 is 22.9 Å². The number of aromatic nitrogens is 7. The number of benzene rings is 3. The molecule has 0 saturated carbocycles. The van der Waals surface area contributed by atoms with E-state index in [4.69, 9.17) is 32.3 Å². The number of aromatic amines is 3. The molecule has 0 fully saturated rings. The molecule has 0 radical (unpaired) electrons. The van der Waals surface area contributed by atoms with E-state index in [1.54, 1.807) is 6.20 Å². The van der Waals surface area contributed by atoms with Crippen LogP contribution in [0.2, 0.25) is 5.02 Å². The van der Waals surface area contributed by atoms with Crippen molar-refractivity contribution in [3.05, 3.63) is 132 Å². The van der Waals surface area contributed by atoms with E-state index < -0.39 is 11.7 Å². The van der Waals surface area contributed by atoms with E-state index in [0.717, 1.165) is 61.7 Å². The number of nitrogens with one attached hydrogen (secondary N) is 3. The van der Waals surface area contributed by atoms with E-state index in [1.165, 1.54) is 10.6 Å². The van der Waals surface area contributed by atoms with Gasteiger partial charge in [-0.3, -0.25) is 0 Å². The van der Waals surface area contributed by atoms with Gasteiger partial charge in [-0.2, -0.15) is 23.4 Å². The SMILES string of the molecule is FC(F)(F)c1cc(Cl)c2nc(-c3nc(-c4cccc5[nH]ccc45)no3)cn2c1.N#Cc1cccc2[nH]ccc12.N/C(=N\O)c1cccc2[nH]ccc12. The fourth-order valence-electron chi connectivity index (χ4n) is 5.58. The predicted molar refractivity (Wildman–Crippen MR) is 190 cm³/mol. The van der Waals surface area contributed by atoms with Gasteiger partial charge in [0.1, 0.15) is 5.69 Å². The first-order valence-corrected chi connectivity index (χ1v) is 15.7. The van der Waals surface area contributed by atoms with Crippen molar-refractivity contribution in [1.82, 2.24) is 34.5 Å². The van der Waals surface area contributed by atoms with E-state index in [2.05, 4.69) is 41.3 Å². The molecule has 0 unspecified atom stereocenters. The Morgan fingerprint density at radius 2 is 1.50 bits per heavy atom. The van der Waals surface area contributed by atoms with E-state index in [-0.39, 0.29) is 28.1 Å². The monoisotopic (exact) mass is 720 g/mol. The van der Waals surface area contributed by atoms with Gasteiger partial charge >= 0.3 is 6.18 Å². The number of nitrogens with zero attached hydrogens (tertiary/aromatic N) is 6. The topological polar surface area (TPSA) is 186 Å². The van der Waals surface area contributed by atoms with Crippen LogP contribution in [0.1, 0.15) is 16.7 Å². The molecule has 9 rings (SSSR count). The first-order chi connectivity index (χ1) is 25.1. The van der Waals surface area contributed by atoms with Gasteiger partial charge < -0.3 is 34.8 Å². The highest BCUT2D eigenvalue weighted by molar-refractivity contribution is 6.33. The van der Waals surface area contributed by atoms with Crippen LogP contribution < -0.4 is 5.73 Å². The summed E-state index contributed by atoms with van der Waals surface area (Å²) in [6.45, 7) is 0. The summed E-state index contributed by atoms with van der Waals surface area (Å²) in [5.41, 5.74) is 10.2. The average Bonchev–Trinajstić information content (AvgIpc) is 3.99. The minimum absolute atomic E-state index is 0.0795. The lowest BCUT2D eigenvalue weighted by molar-refractivity contribution is -0.137. The van der Waals surface area contributed by atoms with Gasteiger partial charge in [0.05, 0.1) is 22.2 Å². The van der Waals surface area contributed by atoms with Crippen molar-refractivity contribution in [2.45, 2.75) is 6.18 Å². The normalized spacial score (nSPS) is 11.7. The standard InChI is InChI=1S/C18H9ClF3N5O.C9H9N3O.C9H6N2/c19-12-6-9(18(20,21)22)7-27-8-14(24-16(12)27)17-25-15(26-28-17)11-2-1-3-13-10(11)4-5-23-13;10-9(12-13)7-2-1-3-8-6(7)4-5-11-8;10-6-7-2-1-3-9-8(7)4-5-11-9/h1-8,23H;1-5,11,13H,(H2,10,12);1-5,11H. The molecule has 3 aromatic carbocycles. The Labute approximate surface area is 295 Å². The molecule has 9 aromatic rings. The predicted octanol–water partition coefficient (Wildman–Crippen LogP) is 8.51. The lowest BCUT2D eigenvalue weighted by Crippen LogP contribution is -2.13. The van der Waals surface area contributed by atoms with Gasteiger partial charge in [0.2, 0.25) is 5.82 Å². The second-order valence-corrected chi connectivity index (χ2v) is 11.6. The minimum atomic E-state index is -4.52. The molecule has 0 atom stereocenters. The van der Waals surface area contributed by atoms with Crippen molar-refractivity contribution in [2.24, 2.45) is 10.9 Å². The molecule has 52 heavy (non-hydrogen) atoms. The van der Waals surface area contributed by atoms with Gasteiger partial charge in [-0.1, -0.05) is 52.2 Å². The Balaban J connectivity index is 0.000000144. The molecule has 0 aliphatic carbocycles. The van der Waals surface area contributed by atoms with Gasteiger partial charge in [0.25, 0.3) is 5.89 Å². The molecule has 258 valence electrons. The van der Waals surface area contributed by atoms with E-state index in [1.807, 2.05) is 85.2 Å². The van der Waals surface area contributed by atoms with Crippen LogP contribution in [0.3, 0.4) is 0 Å². The first kappa shape index (κ1) is 33.4. The quantitative estimate of drug-likeness (QED) is 0.0524. The summed E-state index contributed by atoms with van der Waals surface area (Å²) in [4.78, 5) is 17.8. The third-order valence-corrected chi connectivity index (χ3v) is 8.29. The van der Waals surface area contributed by atoms with Crippen LogP contribution in [0.4, 0.5) is 13.2 Å². The molecule has 6 N–H and O–H groups in total. The van der Waals surface area contributed by atoms with Crippen LogP contribution >= 0.6 is 11.6 Å². The largest absolute Gasteiger partial charge is 0.417 e. The third kappa shape index (κ3) is 6.49. The number of rotatable bonds is 3. The van der Waals surface area contributed by atoms with Crippen LogP contribution in [0.15, 0.2) is 120 Å². The second-order valence-electron chi connectivity index (χ2n) is 11.2. The molecular weight excluding hydrogens is 697 g/mol. The first-order valence-electron chi connectivity index (χ1n) is 15.3. The van der Waals surface area contributed by atoms with Crippen LogP contribution in [-0.4, -0.2) is 45.5 Å². The number of H-pyrrole nitrogens is 3. The highest BCUT2D eigenvalue weighted by atomic mass is 35.5. The number of nitriles is 1. The highest BCUT2D eigenvalue weighted by Gasteiger charge is 2.32. The van der Waals surface area contributed by atoms with Crippen molar-refractivity contribution in [3.8, 4) is 29.0 Å². The summed E-state index contributed by atoms with van der Waals surface area (Å²) in [6, 6.07) is 25.5. The van der Waals surface area contributed by atoms with Crippen LogP contribution in [0.25, 0.3) is 61.3 Å². The number of hydrogen-bond donors (Lipinski definition) is 5. The molecule has 0 amide bonds. The molecule has 0 aliphatic rings. The Morgan fingerprint density at radius 1 is 0.865 bits per heavy atom. The van der Waals surface area contributed by atoms with Crippen molar-refractivity contribution in [3.63, 3.8) is 0 Å². The number of nitrogens with two attached hydrogens (primary N) is 1. The molecule has 16 heteroatoms. The number of amidine groups is 1.